The lowest BCUT2D eigenvalue weighted by Crippen LogP contribution is -2.14. The predicted octanol–water partition coefficient (Wildman–Crippen LogP) is 2.08. The predicted molar refractivity (Wildman–Crippen MR) is 70.0 cm³/mol. The van der Waals surface area contributed by atoms with Crippen LogP contribution in [0, 0.1) is 6.92 Å². The van der Waals surface area contributed by atoms with Crippen LogP contribution in [0.3, 0.4) is 0 Å². The molecule has 0 unspecified atom stereocenters. The number of aryl methyl sites for hydroxylation is 2. The summed E-state index contributed by atoms with van der Waals surface area (Å²) in [7, 11) is -3.59. The molecule has 2 aromatic rings. The number of aromatic nitrogens is 2. The average Bonchev–Trinajstić information content (AvgIpc) is 2.81. The zero-order valence-electron chi connectivity index (χ0n) is 10.3. The summed E-state index contributed by atoms with van der Waals surface area (Å²) in [6, 6.07) is 7.22. The molecule has 1 aromatic heterocycles. The van der Waals surface area contributed by atoms with Crippen LogP contribution in [0.2, 0.25) is 0 Å². The van der Waals surface area contributed by atoms with Gasteiger partial charge < -0.3 is 4.98 Å². The van der Waals surface area contributed by atoms with Crippen molar-refractivity contribution in [1.82, 2.24) is 9.97 Å². The van der Waals surface area contributed by atoms with Gasteiger partial charge in [-0.3, -0.25) is 4.72 Å². The van der Waals surface area contributed by atoms with E-state index >= 15 is 0 Å². The van der Waals surface area contributed by atoms with Gasteiger partial charge in [-0.1, -0.05) is 25.1 Å². The second kappa shape index (κ2) is 4.81. The third kappa shape index (κ3) is 2.53. The van der Waals surface area contributed by atoms with E-state index in [0.717, 1.165) is 5.56 Å². The third-order valence-corrected chi connectivity index (χ3v) is 3.89. The number of imidazole rings is 1. The molecule has 0 bridgehead atoms. The minimum absolute atomic E-state index is 0.0857. The van der Waals surface area contributed by atoms with Gasteiger partial charge in [-0.05, 0) is 18.6 Å². The fraction of sp³-hybridized carbons (Fsp3) is 0.250. The molecule has 0 radical (unpaired) electrons. The number of H-pyrrole nitrogens is 1. The highest BCUT2D eigenvalue weighted by Gasteiger charge is 2.17. The van der Waals surface area contributed by atoms with E-state index in [1.807, 2.05) is 26.0 Å². The van der Waals surface area contributed by atoms with E-state index in [0.29, 0.717) is 17.9 Å². The number of hydrogen-bond acceptors (Lipinski definition) is 3. The number of sulfonamides is 1. The highest BCUT2D eigenvalue weighted by Crippen LogP contribution is 2.18. The number of benzene rings is 1. The van der Waals surface area contributed by atoms with E-state index < -0.39 is 10.0 Å². The smallest absolute Gasteiger partial charge is 0.278 e. The molecule has 1 aromatic carbocycles. The van der Waals surface area contributed by atoms with Crippen LogP contribution in [0.25, 0.3) is 0 Å². The first-order valence-corrected chi connectivity index (χ1v) is 7.13. The van der Waals surface area contributed by atoms with Crippen molar-refractivity contribution >= 4 is 15.7 Å². The Bertz CT molecular complexity index is 647. The first-order chi connectivity index (χ1) is 8.53. The second-order valence-corrected chi connectivity index (χ2v) is 5.62. The van der Waals surface area contributed by atoms with Gasteiger partial charge in [0.25, 0.3) is 10.0 Å². The van der Waals surface area contributed by atoms with E-state index in [1.54, 1.807) is 12.1 Å². The van der Waals surface area contributed by atoms with Crippen LogP contribution in [0.4, 0.5) is 5.69 Å². The molecule has 1 heterocycles. The number of anilines is 1. The summed E-state index contributed by atoms with van der Waals surface area (Å²) in [4.78, 5) is 6.77. The summed E-state index contributed by atoms with van der Waals surface area (Å²) in [5.41, 5.74) is 1.45. The van der Waals surface area contributed by atoms with Crippen LogP contribution in [0.5, 0.6) is 0 Å². The van der Waals surface area contributed by atoms with Crippen molar-refractivity contribution in [3.05, 3.63) is 41.9 Å². The molecule has 5 nitrogen and oxygen atoms in total. The van der Waals surface area contributed by atoms with Gasteiger partial charge in [0.05, 0.1) is 11.9 Å². The first-order valence-electron chi connectivity index (χ1n) is 5.65. The van der Waals surface area contributed by atoms with Gasteiger partial charge in [-0.25, -0.2) is 4.98 Å². The Balaban J connectivity index is 2.30. The molecule has 2 N–H and O–H groups in total. The maximum absolute atomic E-state index is 12.1. The summed E-state index contributed by atoms with van der Waals surface area (Å²) in [5.74, 6) is 0.653. The molecule has 96 valence electrons. The molecular weight excluding hydrogens is 250 g/mol. The molecular formula is C12H15N3O2S. The van der Waals surface area contributed by atoms with E-state index in [-0.39, 0.29) is 5.03 Å². The zero-order chi connectivity index (χ0) is 13.2. The van der Waals surface area contributed by atoms with Crippen molar-refractivity contribution in [3.63, 3.8) is 0 Å². The fourth-order valence-electron chi connectivity index (χ4n) is 1.55. The second-order valence-electron chi connectivity index (χ2n) is 3.97. The molecule has 0 amide bonds. The number of aromatic amines is 1. The molecule has 6 heteroatoms. The van der Waals surface area contributed by atoms with Crippen LogP contribution < -0.4 is 4.72 Å². The van der Waals surface area contributed by atoms with E-state index in [4.69, 9.17) is 0 Å². The van der Waals surface area contributed by atoms with Gasteiger partial charge in [0.1, 0.15) is 5.82 Å². The first kappa shape index (κ1) is 12.6. The average molecular weight is 265 g/mol. The van der Waals surface area contributed by atoms with Crippen molar-refractivity contribution in [2.75, 3.05) is 4.72 Å². The number of para-hydroxylation sites is 1. The summed E-state index contributed by atoms with van der Waals surface area (Å²) in [6.45, 7) is 3.76. The van der Waals surface area contributed by atoms with Gasteiger partial charge in [0.2, 0.25) is 0 Å². The van der Waals surface area contributed by atoms with Gasteiger partial charge >= 0.3 is 0 Å². The van der Waals surface area contributed by atoms with Gasteiger partial charge in [0.15, 0.2) is 5.03 Å². The van der Waals surface area contributed by atoms with Gasteiger partial charge in [0, 0.05) is 6.42 Å². The van der Waals surface area contributed by atoms with Gasteiger partial charge in [-0.2, -0.15) is 8.42 Å². The lowest BCUT2D eigenvalue weighted by molar-refractivity contribution is 0.598. The normalized spacial score (nSPS) is 11.4. The molecule has 0 fully saturated rings. The number of nitrogens with zero attached hydrogens (tertiary/aromatic N) is 1. The molecule has 0 saturated carbocycles. The van der Waals surface area contributed by atoms with Gasteiger partial charge in [-0.15, -0.1) is 0 Å². The number of rotatable bonds is 4. The summed E-state index contributed by atoms with van der Waals surface area (Å²) >= 11 is 0. The van der Waals surface area contributed by atoms with Crippen LogP contribution >= 0.6 is 0 Å². The standard InChI is InChI=1S/C12H15N3O2S/c1-3-11-13-8-12(14-11)18(16,17)15-10-7-5-4-6-9(10)2/h4-8,15H,3H2,1-2H3,(H,13,14). The Hall–Kier alpha value is -1.82. The van der Waals surface area contributed by atoms with Crippen LogP contribution in [-0.2, 0) is 16.4 Å². The van der Waals surface area contributed by atoms with Crippen molar-refractivity contribution in [2.24, 2.45) is 0 Å². The van der Waals surface area contributed by atoms with Crippen molar-refractivity contribution < 1.29 is 8.42 Å². The van der Waals surface area contributed by atoms with Crippen molar-refractivity contribution in [2.45, 2.75) is 25.3 Å². The van der Waals surface area contributed by atoms with Crippen molar-refractivity contribution in [1.29, 1.82) is 0 Å². The quantitative estimate of drug-likeness (QED) is 0.888. The number of hydrogen-bond donors (Lipinski definition) is 2. The maximum atomic E-state index is 12.1. The highest BCUT2D eigenvalue weighted by molar-refractivity contribution is 7.92. The minimum atomic E-state index is -3.59. The van der Waals surface area contributed by atoms with E-state index in [1.165, 1.54) is 6.20 Å². The minimum Gasteiger partial charge on any atom is -0.332 e. The Morgan fingerprint density at radius 1 is 1.33 bits per heavy atom. The zero-order valence-corrected chi connectivity index (χ0v) is 11.1. The van der Waals surface area contributed by atoms with E-state index in [2.05, 4.69) is 14.7 Å². The lowest BCUT2D eigenvalue weighted by Gasteiger charge is -2.08. The largest absolute Gasteiger partial charge is 0.332 e. The SMILES string of the molecule is CCc1ncc(S(=O)(=O)Nc2ccccc2C)[nH]1. The number of nitrogens with one attached hydrogen (secondary N) is 2. The maximum Gasteiger partial charge on any atom is 0.278 e. The Morgan fingerprint density at radius 2 is 2.06 bits per heavy atom. The summed E-state index contributed by atoms with van der Waals surface area (Å²) < 4.78 is 26.7. The Kier molecular flexibility index (Phi) is 3.38. The molecule has 18 heavy (non-hydrogen) atoms. The fourth-order valence-corrected chi connectivity index (χ4v) is 2.62. The molecule has 0 spiro atoms. The molecule has 0 atom stereocenters. The monoisotopic (exact) mass is 265 g/mol. The van der Waals surface area contributed by atoms with Crippen molar-refractivity contribution in [3.8, 4) is 0 Å². The molecule has 2 rings (SSSR count). The lowest BCUT2D eigenvalue weighted by atomic mass is 10.2. The Morgan fingerprint density at radius 3 is 2.67 bits per heavy atom. The topological polar surface area (TPSA) is 74.8 Å². The molecule has 0 saturated heterocycles. The van der Waals surface area contributed by atoms with Crippen LogP contribution in [0.15, 0.2) is 35.5 Å². The van der Waals surface area contributed by atoms with E-state index in [9.17, 15) is 8.42 Å². The summed E-state index contributed by atoms with van der Waals surface area (Å²) in [6.07, 6.45) is 2.00. The Labute approximate surface area is 106 Å². The summed E-state index contributed by atoms with van der Waals surface area (Å²) in [5, 5.41) is 0.0857. The molecule has 0 aliphatic rings. The third-order valence-electron chi connectivity index (χ3n) is 2.62. The highest BCUT2D eigenvalue weighted by atomic mass is 32.2. The van der Waals surface area contributed by atoms with Crippen LogP contribution in [-0.4, -0.2) is 18.4 Å². The molecule has 0 aliphatic heterocycles. The van der Waals surface area contributed by atoms with Crippen LogP contribution in [0.1, 0.15) is 18.3 Å². The molecule has 0 aliphatic carbocycles.